The van der Waals surface area contributed by atoms with Crippen molar-refractivity contribution in [3.63, 3.8) is 0 Å². The minimum atomic E-state index is -1.77. The van der Waals surface area contributed by atoms with Gasteiger partial charge in [0.1, 0.15) is 64.9 Å². The number of benzene rings is 2. The topological polar surface area (TPSA) is 249 Å². The molecule has 0 saturated carbocycles. The van der Waals surface area contributed by atoms with Crippen molar-refractivity contribution in [1.82, 2.24) is 0 Å². The molecule has 5 rings (SSSR count). The zero-order valence-corrected chi connectivity index (χ0v) is 21.0. The van der Waals surface area contributed by atoms with Crippen LogP contribution in [0.4, 0.5) is 0 Å². The fourth-order valence-electron chi connectivity index (χ4n) is 4.61. The minimum Gasteiger partial charge on any atom is -0.507 e. The number of phenolic OH excluding ortho intramolecular Hbond substituents is 3. The lowest BCUT2D eigenvalue weighted by atomic mass is 9.98. The molecule has 2 fully saturated rings. The van der Waals surface area contributed by atoms with Crippen LogP contribution in [0.15, 0.2) is 45.6 Å². The lowest BCUT2D eigenvalue weighted by Gasteiger charge is -2.44. The van der Waals surface area contributed by atoms with Gasteiger partial charge in [0.2, 0.25) is 6.29 Å². The summed E-state index contributed by atoms with van der Waals surface area (Å²) < 4.78 is 27.9. The Labute approximate surface area is 230 Å². The van der Waals surface area contributed by atoms with Gasteiger partial charge in [0.05, 0.1) is 13.2 Å². The van der Waals surface area contributed by atoms with Gasteiger partial charge in [-0.05, 0) is 18.2 Å². The normalized spacial score (nSPS) is 32.2. The smallest absolute Gasteiger partial charge is 0.229 e. The van der Waals surface area contributed by atoms with Gasteiger partial charge < -0.3 is 69.3 Å². The number of rotatable bonds is 6. The molecule has 1 aromatic heterocycles. The van der Waals surface area contributed by atoms with Gasteiger partial charge in [-0.25, -0.2) is 0 Å². The predicted molar refractivity (Wildman–Crippen MR) is 134 cm³/mol. The summed E-state index contributed by atoms with van der Waals surface area (Å²) in [5.74, 6) is -1.60. The third-order valence-electron chi connectivity index (χ3n) is 6.87. The van der Waals surface area contributed by atoms with Gasteiger partial charge in [-0.3, -0.25) is 4.79 Å². The molecule has 3 aromatic rings. The van der Waals surface area contributed by atoms with E-state index in [0.29, 0.717) is 0 Å². The van der Waals surface area contributed by atoms with Gasteiger partial charge in [0, 0.05) is 23.8 Å². The predicted octanol–water partition coefficient (Wildman–Crippen LogP) is -1.78. The molecular weight excluding hydrogens is 552 g/mol. The lowest BCUT2D eigenvalue weighted by Crippen LogP contribution is -2.63. The van der Waals surface area contributed by atoms with E-state index < -0.39 is 85.4 Å². The zero-order valence-electron chi connectivity index (χ0n) is 21.0. The first-order chi connectivity index (χ1) is 19.5. The van der Waals surface area contributed by atoms with Crippen molar-refractivity contribution in [2.45, 2.75) is 55.3 Å². The number of ether oxygens (including phenoxy) is 4. The van der Waals surface area contributed by atoms with Crippen LogP contribution in [0.5, 0.6) is 23.0 Å². The lowest BCUT2D eigenvalue weighted by molar-refractivity contribution is -0.344. The SMILES string of the molecule is O=c1cc(-c2ccc(O)c(O)c2)oc2cc(O[C@@H]3O[C@@H](CO)[C@@H](O)[C@H](O)[C@H]3O[C@@H]3OC[C@H](O)[C@H](O)[C@@H]3O)cc(O)c12. The van der Waals surface area contributed by atoms with Gasteiger partial charge in [-0.2, -0.15) is 0 Å². The van der Waals surface area contributed by atoms with Crippen molar-refractivity contribution in [2.24, 2.45) is 0 Å². The van der Waals surface area contributed by atoms with Crippen LogP contribution in [0.2, 0.25) is 0 Å². The fourth-order valence-corrected chi connectivity index (χ4v) is 4.61. The van der Waals surface area contributed by atoms with Crippen LogP contribution in [0, 0.1) is 0 Å². The fraction of sp³-hybridized carbons (Fsp3) is 0.423. The van der Waals surface area contributed by atoms with Crippen molar-refractivity contribution >= 4 is 11.0 Å². The quantitative estimate of drug-likeness (QED) is 0.146. The first-order valence-corrected chi connectivity index (χ1v) is 12.4. The molecule has 2 aliphatic rings. The molecule has 222 valence electrons. The van der Waals surface area contributed by atoms with E-state index in [0.717, 1.165) is 18.2 Å². The number of phenols is 3. The summed E-state index contributed by atoms with van der Waals surface area (Å²) in [6.45, 7) is -1.16. The van der Waals surface area contributed by atoms with Crippen LogP contribution >= 0.6 is 0 Å². The summed E-state index contributed by atoms with van der Waals surface area (Å²) in [7, 11) is 0. The average molecular weight is 580 g/mol. The molecule has 0 spiro atoms. The average Bonchev–Trinajstić information content (AvgIpc) is 2.93. The summed E-state index contributed by atoms with van der Waals surface area (Å²) in [5, 5.41) is 90.5. The van der Waals surface area contributed by atoms with Gasteiger partial charge >= 0.3 is 0 Å². The number of aromatic hydroxyl groups is 3. The molecule has 41 heavy (non-hydrogen) atoms. The second-order valence-electron chi connectivity index (χ2n) is 9.67. The van der Waals surface area contributed by atoms with Gasteiger partial charge in [0.25, 0.3) is 0 Å². The highest BCUT2D eigenvalue weighted by molar-refractivity contribution is 5.86. The van der Waals surface area contributed by atoms with Crippen molar-refractivity contribution in [1.29, 1.82) is 0 Å². The Morgan fingerprint density at radius 2 is 1.59 bits per heavy atom. The molecule has 0 aliphatic carbocycles. The molecule has 0 amide bonds. The van der Waals surface area contributed by atoms with Crippen molar-refractivity contribution in [2.75, 3.05) is 13.2 Å². The molecular formula is C26H28O15. The van der Waals surface area contributed by atoms with Crippen molar-refractivity contribution in [3.05, 3.63) is 46.6 Å². The Hall–Kier alpha value is -3.51. The molecule has 3 heterocycles. The molecule has 0 bridgehead atoms. The summed E-state index contributed by atoms with van der Waals surface area (Å²) in [6.07, 6.45) is -14.4. The summed E-state index contributed by atoms with van der Waals surface area (Å²) >= 11 is 0. The molecule has 0 unspecified atom stereocenters. The molecule has 2 saturated heterocycles. The third kappa shape index (κ3) is 5.54. The van der Waals surface area contributed by atoms with E-state index >= 15 is 0 Å². The first kappa shape index (κ1) is 29.0. The Morgan fingerprint density at radius 1 is 0.829 bits per heavy atom. The van der Waals surface area contributed by atoms with E-state index in [2.05, 4.69) is 0 Å². The van der Waals surface area contributed by atoms with Gasteiger partial charge in [0.15, 0.2) is 29.3 Å². The zero-order chi connectivity index (χ0) is 29.6. The standard InChI is InChI=1S/C26H28O15/c27-7-18-21(34)22(35)24(41-25-23(36)20(33)15(32)8-37-25)26(40-18)38-10-4-13(30)19-14(31)6-16(39-17(19)5-10)9-1-2-11(28)12(29)3-9/h1-6,15,18,20-30,32-36H,7-8H2/t15-,18-,20-,21+,22-,23-,24+,25-,26+/m0/s1. The highest BCUT2D eigenvalue weighted by Gasteiger charge is 2.50. The molecule has 15 heteroatoms. The summed E-state index contributed by atoms with van der Waals surface area (Å²) in [6, 6.07) is 7.07. The maximum Gasteiger partial charge on any atom is 0.229 e. The van der Waals surface area contributed by atoms with Crippen molar-refractivity contribution < 1.29 is 69.3 Å². The molecule has 0 radical (unpaired) electrons. The largest absolute Gasteiger partial charge is 0.507 e. The second-order valence-corrected chi connectivity index (χ2v) is 9.67. The van der Waals surface area contributed by atoms with Crippen LogP contribution < -0.4 is 10.2 Å². The maximum absolute atomic E-state index is 12.8. The summed E-state index contributed by atoms with van der Waals surface area (Å²) in [4.78, 5) is 12.8. The van der Waals surface area contributed by atoms with E-state index in [1.165, 1.54) is 18.2 Å². The number of hydrogen-bond acceptors (Lipinski definition) is 15. The second kappa shape index (κ2) is 11.4. The van der Waals surface area contributed by atoms with Crippen molar-refractivity contribution in [3.8, 4) is 34.3 Å². The van der Waals surface area contributed by atoms with E-state index in [4.69, 9.17) is 23.4 Å². The molecule has 2 aromatic carbocycles. The van der Waals surface area contributed by atoms with Crippen LogP contribution in [0.1, 0.15) is 0 Å². The Balaban J connectivity index is 1.48. The van der Waals surface area contributed by atoms with Crippen LogP contribution in [0.25, 0.3) is 22.3 Å². The van der Waals surface area contributed by atoms with Crippen LogP contribution in [-0.4, -0.2) is 114 Å². The Kier molecular flexibility index (Phi) is 8.06. The van der Waals surface area contributed by atoms with Gasteiger partial charge in [-0.1, -0.05) is 0 Å². The van der Waals surface area contributed by atoms with E-state index in [1.807, 2.05) is 0 Å². The number of aliphatic hydroxyl groups is 6. The molecule has 2 aliphatic heterocycles. The molecule has 15 nitrogen and oxygen atoms in total. The third-order valence-corrected chi connectivity index (χ3v) is 6.87. The van der Waals surface area contributed by atoms with E-state index in [9.17, 15) is 50.8 Å². The number of hydrogen-bond donors (Lipinski definition) is 9. The highest BCUT2D eigenvalue weighted by Crippen LogP contribution is 2.36. The molecule has 9 N–H and O–H groups in total. The first-order valence-electron chi connectivity index (χ1n) is 12.4. The minimum absolute atomic E-state index is 0.0208. The monoisotopic (exact) mass is 580 g/mol. The molecule has 9 atom stereocenters. The van der Waals surface area contributed by atoms with Gasteiger partial charge in [-0.15, -0.1) is 0 Å². The Morgan fingerprint density at radius 3 is 2.29 bits per heavy atom. The summed E-state index contributed by atoms with van der Waals surface area (Å²) in [5.41, 5.74) is -0.572. The van der Waals surface area contributed by atoms with E-state index in [1.54, 1.807) is 0 Å². The maximum atomic E-state index is 12.8. The van der Waals surface area contributed by atoms with Crippen LogP contribution in [0.3, 0.4) is 0 Å². The highest BCUT2D eigenvalue weighted by atomic mass is 16.8. The van der Waals surface area contributed by atoms with Crippen LogP contribution in [-0.2, 0) is 14.2 Å². The van der Waals surface area contributed by atoms with E-state index in [-0.39, 0.29) is 33.8 Å². The Bertz CT molecular complexity index is 1460. The number of aliphatic hydroxyl groups excluding tert-OH is 6. The number of fused-ring (bicyclic) bond motifs is 1.